The molecule has 1 heterocycles. The van der Waals surface area contributed by atoms with Crippen LogP contribution in [-0.2, 0) is 11.8 Å². The molecule has 1 fully saturated rings. The lowest BCUT2D eigenvalue weighted by atomic mass is 9.51. The van der Waals surface area contributed by atoms with Gasteiger partial charge >= 0.3 is 0 Å². The molecule has 0 saturated carbocycles. The van der Waals surface area contributed by atoms with E-state index < -0.39 is 0 Å². The van der Waals surface area contributed by atoms with Gasteiger partial charge in [0.2, 0.25) is 0 Å². The fraction of sp³-hybridized carbons (Fsp3) is 0.625. The van der Waals surface area contributed by atoms with Crippen molar-refractivity contribution in [1.29, 1.82) is 0 Å². The molecule has 1 N–H and O–H groups in total. The third-order valence-corrected chi connectivity index (χ3v) is 6.37. The predicted molar refractivity (Wildman–Crippen MR) is 89.2 cm³/mol. The number of fused-ring (bicyclic) bond motifs is 4. The molecule has 2 atom stereocenters. The first kappa shape index (κ1) is 16.1. The summed E-state index contributed by atoms with van der Waals surface area (Å²) in [5.41, 5.74) is 3.31. The lowest BCUT2D eigenvalue weighted by Gasteiger charge is -2.58. The van der Waals surface area contributed by atoms with E-state index in [9.17, 15) is 0 Å². The highest BCUT2D eigenvalue weighted by Crippen LogP contribution is 2.56. The van der Waals surface area contributed by atoms with E-state index in [1.54, 1.807) is 7.11 Å². The summed E-state index contributed by atoms with van der Waals surface area (Å²) in [4.78, 5) is 0. The highest BCUT2D eigenvalue weighted by molar-refractivity contribution is 9.10. The fourth-order valence-electron chi connectivity index (χ4n) is 4.03. The van der Waals surface area contributed by atoms with E-state index in [1.165, 1.54) is 22.0 Å². The number of benzene rings is 1. The minimum atomic E-state index is 0. The molecule has 20 heavy (non-hydrogen) atoms. The molecule has 1 aromatic rings. The second-order valence-corrected chi connectivity index (χ2v) is 7.47. The minimum Gasteiger partial charge on any atom is -0.496 e. The first-order valence-corrected chi connectivity index (χ1v) is 7.80. The molecule has 2 aliphatic rings. The van der Waals surface area contributed by atoms with Gasteiger partial charge in [0.1, 0.15) is 5.75 Å². The normalized spacial score (nSPS) is 30.1. The van der Waals surface area contributed by atoms with Crippen LogP contribution in [-0.4, -0.2) is 19.7 Å². The Bertz CT molecular complexity index is 531. The zero-order valence-electron chi connectivity index (χ0n) is 12.5. The monoisotopic (exact) mass is 359 g/mol. The van der Waals surface area contributed by atoms with Crippen molar-refractivity contribution in [2.24, 2.45) is 5.41 Å². The van der Waals surface area contributed by atoms with E-state index in [4.69, 9.17) is 4.74 Å². The lowest BCUT2D eigenvalue weighted by Crippen LogP contribution is -2.62. The van der Waals surface area contributed by atoms with Crippen molar-refractivity contribution in [2.75, 3.05) is 13.7 Å². The van der Waals surface area contributed by atoms with Gasteiger partial charge in [-0.25, -0.2) is 0 Å². The summed E-state index contributed by atoms with van der Waals surface area (Å²) in [5.74, 6) is 1.04. The first-order valence-electron chi connectivity index (χ1n) is 7.01. The predicted octanol–water partition coefficient (Wildman–Crippen LogP) is 4.08. The van der Waals surface area contributed by atoms with Crippen LogP contribution in [0, 0.1) is 5.41 Å². The Morgan fingerprint density at radius 1 is 1.30 bits per heavy atom. The Labute approximate surface area is 136 Å². The second kappa shape index (κ2) is 5.19. The van der Waals surface area contributed by atoms with Gasteiger partial charge in [0, 0.05) is 21.5 Å². The van der Waals surface area contributed by atoms with E-state index >= 15 is 0 Å². The Balaban J connectivity index is 0.00000147. The molecular formula is C16H23BrClNO. The Morgan fingerprint density at radius 3 is 2.65 bits per heavy atom. The summed E-state index contributed by atoms with van der Waals surface area (Å²) >= 11 is 3.78. The number of rotatable bonds is 1. The molecule has 2 nitrogen and oxygen atoms in total. The molecule has 3 rings (SSSR count). The van der Waals surface area contributed by atoms with Gasteiger partial charge in [-0.05, 0) is 42.5 Å². The number of halogens is 2. The summed E-state index contributed by atoms with van der Waals surface area (Å²) < 4.78 is 6.83. The molecule has 1 aliphatic heterocycles. The van der Waals surface area contributed by atoms with Crippen LogP contribution in [0.3, 0.4) is 0 Å². The van der Waals surface area contributed by atoms with Gasteiger partial charge in [-0.2, -0.15) is 0 Å². The summed E-state index contributed by atoms with van der Waals surface area (Å²) in [6, 6.07) is 4.75. The number of nitrogens with one attached hydrogen (secondary N) is 1. The molecular weight excluding hydrogens is 338 g/mol. The molecule has 0 radical (unpaired) electrons. The second-order valence-electron chi connectivity index (χ2n) is 6.62. The van der Waals surface area contributed by atoms with Gasteiger partial charge in [-0.1, -0.05) is 36.7 Å². The number of methoxy groups -OCH3 is 1. The number of hydrogen-bond acceptors (Lipinski definition) is 2. The van der Waals surface area contributed by atoms with Crippen LogP contribution < -0.4 is 10.1 Å². The standard InChI is InChI=1S/C16H22BrNO.ClH/c1-15(2)13-9-10-12(19-4)6-5-11(17)14(10)16(15,3)7-8-18-13;/h5-6,13,18H,7-9H2,1-4H3;1H/t13-,16-;/m1./s1. The van der Waals surface area contributed by atoms with E-state index in [2.05, 4.69) is 54.2 Å². The van der Waals surface area contributed by atoms with Gasteiger partial charge in [-0.15, -0.1) is 12.4 Å². The zero-order chi connectivity index (χ0) is 13.8. The van der Waals surface area contributed by atoms with Gasteiger partial charge in [0.05, 0.1) is 7.11 Å². The molecule has 1 aromatic carbocycles. The quantitative estimate of drug-likeness (QED) is 0.814. The molecule has 0 amide bonds. The molecule has 1 saturated heterocycles. The minimum absolute atomic E-state index is 0. The first-order chi connectivity index (χ1) is 8.91. The maximum atomic E-state index is 5.60. The van der Waals surface area contributed by atoms with Crippen LogP contribution in [0.5, 0.6) is 5.75 Å². The van der Waals surface area contributed by atoms with Crippen LogP contribution in [0.1, 0.15) is 38.3 Å². The Morgan fingerprint density at radius 2 is 2.00 bits per heavy atom. The smallest absolute Gasteiger partial charge is 0.122 e. The SMILES string of the molecule is COc1ccc(Br)c2c1C[C@H]1NCC[C@@]2(C)C1(C)C.Cl. The Kier molecular flexibility index (Phi) is 4.18. The fourth-order valence-corrected chi connectivity index (χ4v) is 4.84. The van der Waals surface area contributed by atoms with Crippen LogP contribution in [0.2, 0.25) is 0 Å². The molecule has 1 aliphatic carbocycles. The summed E-state index contributed by atoms with van der Waals surface area (Å²) in [5, 5.41) is 3.71. The topological polar surface area (TPSA) is 21.3 Å². The maximum absolute atomic E-state index is 5.60. The van der Waals surface area contributed by atoms with E-state index in [0.717, 1.165) is 18.7 Å². The van der Waals surface area contributed by atoms with Crippen molar-refractivity contribution in [1.82, 2.24) is 5.32 Å². The summed E-state index contributed by atoms with van der Waals surface area (Å²) in [6.07, 6.45) is 2.23. The van der Waals surface area contributed by atoms with Gasteiger partial charge < -0.3 is 10.1 Å². The van der Waals surface area contributed by atoms with Crippen LogP contribution in [0.15, 0.2) is 16.6 Å². The molecule has 2 bridgehead atoms. The average Bonchev–Trinajstić information content (AvgIpc) is 2.33. The van der Waals surface area contributed by atoms with E-state index in [0.29, 0.717) is 6.04 Å². The van der Waals surface area contributed by atoms with Crippen LogP contribution in [0.25, 0.3) is 0 Å². The molecule has 0 unspecified atom stereocenters. The van der Waals surface area contributed by atoms with Crippen molar-refractivity contribution in [2.45, 2.75) is 45.1 Å². The Hall–Kier alpha value is -0.250. The van der Waals surface area contributed by atoms with Crippen molar-refractivity contribution in [3.8, 4) is 5.75 Å². The zero-order valence-corrected chi connectivity index (χ0v) is 15.0. The molecule has 112 valence electrons. The molecule has 4 heteroatoms. The van der Waals surface area contributed by atoms with Crippen LogP contribution >= 0.6 is 28.3 Å². The van der Waals surface area contributed by atoms with Crippen molar-refractivity contribution >= 4 is 28.3 Å². The molecule has 0 spiro atoms. The van der Waals surface area contributed by atoms with Gasteiger partial charge in [0.25, 0.3) is 0 Å². The van der Waals surface area contributed by atoms with Crippen LogP contribution in [0.4, 0.5) is 0 Å². The summed E-state index contributed by atoms with van der Waals surface area (Å²) in [6.45, 7) is 8.33. The average molecular weight is 361 g/mol. The third-order valence-electron chi connectivity index (χ3n) is 5.71. The van der Waals surface area contributed by atoms with Gasteiger partial charge in [0.15, 0.2) is 0 Å². The highest BCUT2D eigenvalue weighted by atomic mass is 79.9. The molecule has 0 aromatic heterocycles. The van der Waals surface area contributed by atoms with Gasteiger partial charge in [-0.3, -0.25) is 0 Å². The third kappa shape index (κ3) is 1.93. The maximum Gasteiger partial charge on any atom is 0.122 e. The van der Waals surface area contributed by atoms with Crippen molar-refractivity contribution in [3.63, 3.8) is 0 Å². The largest absolute Gasteiger partial charge is 0.496 e. The lowest BCUT2D eigenvalue weighted by molar-refractivity contribution is 0.0544. The van der Waals surface area contributed by atoms with Crippen molar-refractivity contribution < 1.29 is 4.74 Å². The van der Waals surface area contributed by atoms with Crippen molar-refractivity contribution in [3.05, 3.63) is 27.7 Å². The summed E-state index contributed by atoms with van der Waals surface area (Å²) in [7, 11) is 1.77. The van der Waals surface area contributed by atoms with E-state index in [1.807, 2.05) is 0 Å². The van der Waals surface area contributed by atoms with E-state index in [-0.39, 0.29) is 23.2 Å². The highest BCUT2D eigenvalue weighted by Gasteiger charge is 2.54. The number of piperidine rings is 1. The number of ether oxygens (including phenoxy) is 1. The number of hydrogen-bond donors (Lipinski definition) is 1.